The number of rotatable bonds is 4. The van der Waals surface area contributed by atoms with Crippen LogP contribution >= 0.6 is 23.2 Å². The Morgan fingerprint density at radius 1 is 1.50 bits per heavy atom. The van der Waals surface area contributed by atoms with E-state index in [1.807, 2.05) is 0 Å². The van der Waals surface area contributed by atoms with E-state index in [4.69, 9.17) is 27.9 Å². The summed E-state index contributed by atoms with van der Waals surface area (Å²) >= 11 is 11.4. The third-order valence-corrected chi connectivity index (χ3v) is 2.56. The predicted molar refractivity (Wildman–Crippen MR) is 65.7 cm³/mol. The first kappa shape index (κ1) is 13.1. The third-order valence-electron chi connectivity index (χ3n) is 2.16. The Bertz CT molecular complexity index is 382. The van der Waals surface area contributed by atoms with Gasteiger partial charge in [-0.15, -0.1) is 11.6 Å². The molecule has 3 nitrogen and oxygen atoms in total. The zero-order valence-electron chi connectivity index (χ0n) is 9.17. The predicted octanol–water partition coefficient (Wildman–Crippen LogP) is 2.66. The summed E-state index contributed by atoms with van der Waals surface area (Å²) < 4.78 is 5.11. The van der Waals surface area contributed by atoms with Crippen LogP contribution in [0.4, 0.5) is 0 Å². The molecule has 0 N–H and O–H groups in total. The molecule has 16 heavy (non-hydrogen) atoms. The lowest BCUT2D eigenvalue weighted by Crippen LogP contribution is -2.28. The monoisotopic (exact) mass is 261 g/mol. The van der Waals surface area contributed by atoms with E-state index in [2.05, 4.69) is 0 Å². The zero-order chi connectivity index (χ0) is 12.1. The van der Waals surface area contributed by atoms with Crippen LogP contribution in [-0.4, -0.2) is 37.4 Å². The molecule has 0 heterocycles. The summed E-state index contributed by atoms with van der Waals surface area (Å²) in [5.41, 5.74) is 0.447. The molecule has 0 radical (unpaired) electrons. The van der Waals surface area contributed by atoms with Crippen molar-refractivity contribution in [3.05, 3.63) is 28.8 Å². The number of nitrogens with zero attached hydrogens (tertiary/aromatic N) is 1. The van der Waals surface area contributed by atoms with Crippen LogP contribution in [0.1, 0.15) is 10.4 Å². The van der Waals surface area contributed by atoms with Crippen LogP contribution in [0.25, 0.3) is 0 Å². The number of alkyl halides is 1. The molecule has 0 fully saturated rings. The molecule has 0 bridgehead atoms. The molecule has 0 spiro atoms. The number of benzene rings is 1. The van der Waals surface area contributed by atoms with E-state index < -0.39 is 0 Å². The smallest absolute Gasteiger partial charge is 0.257 e. The van der Waals surface area contributed by atoms with E-state index in [0.717, 1.165) is 0 Å². The molecule has 1 aromatic rings. The summed E-state index contributed by atoms with van der Waals surface area (Å²) in [6.07, 6.45) is 0. The summed E-state index contributed by atoms with van der Waals surface area (Å²) in [4.78, 5) is 13.5. The summed E-state index contributed by atoms with van der Waals surface area (Å²) in [7, 11) is 3.20. The first-order valence-electron chi connectivity index (χ1n) is 4.75. The van der Waals surface area contributed by atoms with Gasteiger partial charge in [-0.3, -0.25) is 4.79 Å². The van der Waals surface area contributed by atoms with Gasteiger partial charge >= 0.3 is 0 Å². The van der Waals surface area contributed by atoms with Gasteiger partial charge < -0.3 is 9.64 Å². The van der Waals surface area contributed by atoms with Gasteiger partial charge in [0.2, 0.25) is 0 Å². The number of carbonyl (C=O) groups excluding carboxylic acids is 1. The Balaban J connectivity index is 3.01. The van der Waals surface area contributed by atoms with Crippen LogP contribution in [0.5, 0.6) is 5.75 Å². The van der Waals surface area contributed by atoms with Crippen LogP contribution < -0.4 is 4.74 Å². The molecule has 0 aliphatic rings. The molecule has 5 heteroatoms. The van der Waals surface area contributed by atoms with Gasteiger partial charge in [-0.1, -0.05) is 11.6 Å². The maximum atomic E-state index is 12.0. The highest BCUT2D eigenvalue weighted by Crippen LogP contribution is 2.23. The maximum absolute atomic E-state index is 12.0. The number of ether oxygens (including phenoxy) is 1. The van der Waals surface area contributed by atoms with Crippen molar-refractivity contribution in [2.24, 2.45) is 0 Å². The highest BCUT2D eigenvalue weighted by Gasteiger charge is 2.16. The van der Waals surface area contributed by atoms with Gasteiger partial charge in [0.15, 0.2) is 0 Å². The molecule has 0 saturated carbocycles. The lowest BCUT2D eigenvalue weighted by molar-refractivity contribution is 0.0800. The van der Waals surface area contributed by atoms with Crippen LogP contribution in [0.2, 0.25) is 5.02 Å². The van der Waals surface area contributed by atoms with E-state index in [1.54, 1.807) is 25.2 Å². The summed E-state index contributed by atoms with van der Waals surface area (Å²) in [5, 5.41) is 0.503. The quantitative estimate of drug-likeness (QED) is 0.781. The first-order chi connectivity index (χ1) is 7.60. The fourth-order valence-corrected chi connectivity index (χ4v) is 1.71. The normalized spacial score (nSPS) is 10.0. The second kappa shape index (κ2) is 5.97. The Morgan fingerprint density at radius 3 is 2.75 bits per heavy atom. The highest BCUT2D eigenvalue weighted by molar-refractivity contribution is 6.31. The largest absolute Gasteiger partial charge is 0.496 e. The zero-order valence-corrected chi connectivity index (χ0v) is 10.7. The lowest BCUT2D eigenvalue weighted by Gasteiger charge is -2.17. The molecule has 0 aliphatic heterocycles. The number of carbonyl (C=O) groups is 1. The fraction of sp³-hybridized carbons (Fsp3) is 0.364. The Morgan fingerprint density at radius 2 is 2.19 bits per heavy atom. The molecule has 1 rings (SSSR count). The molecule has 0 atom stereocenters. The summed E-state index contributed by atoms with van der Waals surface area (Å²) in [5.74, 6) is 0.751. The fourth-order valence-electron chi connectivity index (χ4n) is 1.28. The molecule has 1 amide bonds. The van der Waals surface area contributed by atoms with Crippen molar-refractivity contribution >= 4 is 29.1 Å². The molecule has 1 aromatic carbocycles. The first-order valence-corrected chi connectivity index (χ1v) is 5.66. The van der Waals surface area contributed by atoms with Crippen molar-refractivity contribution in [3.8, 4) is 5.75 Å². The van der Waals surface area contributed by atoms with Crippen LogP contribution in [-0.2, 0) is 0 Å². The van der Waals surface area contributed by atoms with Gasteiger partial charge in [-0.25, -0.2) is 0 Å². The van der Waals surface area contributed by atoms with Crippen LogP contribution in [0, 0.1) is 0 Å². The van der Waals surface area contributed by atoms with Gasteiger partial charge in [0.1, 0.15) is 5.75 Å². The van der Waals surface area contributed by atoms with Crippen molar-refractivity contribution in [2.45, 2.75) is 0 Å². The molecule has 88 valence electrons. The van der Waals surface area contributed by atoms with E-state index >= 15 is 0 Å². The van der Waals surface area contributed by atoms with Gasteiger partial charge in [0.25, 0.3) is 5.91 Å². The molecule has 0 aliphatic carbocycles. The molecule has 0 aromatic heterocycles. The second-order valence-electron chi connectivity index (χ2n) is 3.26. The van der Waals surface area contributed by atoms with Gasteiger partial charge in [-0.2, -0.15) is 0 Å². The Kier molecular flexibility index (Phi) is 4.90. The summed E-state index contributed by atoms with van der Waals surface area (Å²) in [6.45, 7) is 0.482. The van der Waals surface area contributed by atoms with Crippen molar-refractivity contribution in [3.63, 3.8) is 0 Å². The van der Waals surface area contributed by atoms with Gasteiger partial charge in [0.05, 0.1) is 12.7 Å². The van der Waals surface area contributed by atoms with E-state index in [9.17, 15) is 4.79 Å². The lowest BCUT2D eigenvalue weighted by atomic mass is 10.2. The number of methoxy groups -OCH3 is 1. The van der Waals surface area contributed by atoms with Gasteiger partial charge in [0, 0.05) is 24.5 Å². The number of hydrogen-bond acceptors (Lipinski definition) is 2. The third kappa shape index (κ3) is 3.03. The standard InChI is InChI=1S/C11H13Cl2NO2/c1-14(6-5-12)11(15)9-7-8(13)3-4-10(9)16-2/h3-4,7H,5-6H2,1-2H3. The minimum absolute atomic E-state index is 0.153. The van der Waals surface area contributed by atoms with Crippen molar-refractivity contribution < 1.29 is 9.53 Å². The average Bonchev–Trinajstić information content (AvgIpc) is 2.28. The van der Waals surface area contributed by atoms with E-state index in [0.29, 0.717) is 28.8 Å². The Labute approximate surface area is 105 Å². The topological polar surface area (TPSA) is 29.5 Å². The van der Waals surface area contributed by atoms with Crippen molar-refractivity contribution in [2.75, 3.05) is 26.6 Å². The summed E-state index contributed by atoms with van der Waals surface area (Å²) in [6, 6.07) is 4.94. The number of halogens is 2. The molecule has 0 saturated heterocycles. The Hall–Kier alpha value is -0.930. The highest BCUT2D eigenvalue weighted by atomic mass is 35.5. The minimum Gasteiger partial charge on any atom is -0.496 e. The second-order valence-corrected chi connectivity index (χ2v) is 4.07. The average molecular weight is 262 g/mol. The number of amides is 1. The SMILES string of the molecule is COc1ccc(Cl)cc1C(=O)N(C)CCCl. The maximum Gasteiger partial charge on any atom is 0.257 e. The van der Waals surface area contributed by atoms with Crippen molar-refractivity contribution in [1.29, 1.82) is 0 Å². The van der Waals surface area contributed by atoms with Crippen LogP contribution in [0.15, 0.2) is 18.2 Å². The van der Waals surface area contributed by atoms with E-state index in [1.165, 1.54) is 12.0 Å². The van der Waals surface area contributed by atoms with Crippen LogP contribution in [0.3, 0.4) is 0 Å². The van der Waals surface area contributed by atoms with E-state index in [-0.39, 0.29) is 5.91 Å². The number of hydrogen-bond donors (Lipinski definition) is 0. The van der Waals surface area contributed by atoms with Gasteiger partial charge in [-0.05, 0) is 18.2 Å². The van der Waals surface area contributed by atoms with Crippen molar-refractivity contribution in [1.82, 2.24) is 4.90 Å². The molecular weight excluding hydrogens is 249 g/mol. The molecular formula is C11H13Cl2NO2. The molecule has 0 unspecified atom stereocenters. The minimum atomic E-state index is -0.153.